The number of carbonyl (C=O) groups is 1. The number of benzene rings is 1. The molecule has 1 aromatic carbocycles. The molecule has 2 N–H and O–H groups in total. The highest BCUT2D eigenvalue weighted by atomic mass is 16.5. The summed E-state index contributed by atoms with van der Waals surface area (Å²) in [5.74, 6) is -0.562. The van der Waals surface area contributed by atoms with Crippen molar-refractivity contribution >= 4 is 13.5 Å². The molecular formula is C11H16BNO3. The molecule has 1 atom stereocenters. The van der Waals surface area contributed by atoms with Crippen LogP contribution in [0.25, 0.3) is 0 Å². The van der Waals surface area contributed by atoms with Crippen LogP contribution in [0.2, 0.25) is 5.82 Å². The molecular weight excluding hydrogens is 205 g/mol. The number of rotatable bonds is 6. The van der Waals surface area contributed by atoms with Gasteiger partial charge in [-0.25, -0.2) is 0 Å². The van der Waals surface area contributed by atoms with Gasteiger partial charge < -0.3 is 15.1 Å². The summed E-state index contributed by atoms with van der Waals surface area (Å²) in [5, 5.41) is 0. The van der Waals surface area contributed by atoms with Gasteiger partial charge in [0.2, 0.25) is 0 Å². The fourth-order valence-corrected chi connectivity index (χ4v) is 1.49. The number of carbonyl (C=O) groups excluding carboxylic acids is 1. The standard InChI is InChI=1S/C11H16BNO3/c1-15-11(14)10(12-16-8-13)7-9-5-3-2-4-6-9/h2-6,10,12H,7-8,13H2,1H3. The van der Waals surface area contributed by atoms with E-state index in [0.717, 1.165) is 5.56 Å². The van der Waals surface area contributed by atoms with Gasteiger partial charge in [0.1, 0.15) is 0 Å². The average Bonchev–Trinajstić information content (AvgIpc) is 2.34. The van der Waals surface area contributed by atoms with Crippen LogP contribution in [0.5, 0.6) is 0 Å². The maximum absolute atomic E-state index is 11.5. The lowest BCUT2D eigenvalue weighted by Gasteiger charge is -2.12. The summed E-state index contributed by atoms with van der Waals surface area (Å²) in [4.78, 5) is 11.5. The van der Waals surface area contributed by atoms with E-state index in [2.05, 4.69) is 0 Å². The lowest BCUT2D eigenvalue weighted by atomic mass is 9.76. The number of hydrogen-bond donors (Lipinski definition) is 1. The SMILES string of the molecule is COC(=O)C(BOCN)Cc1ccccc1. The molecule has 1 rings (SSSR count). The van der Waals surface area contributed by atoms with Crippen LogP contribution in [0.3, 0.4) is 0 Å². The van der Waals surface area contributed by atoms with E-state index in [1.54, 1.807) is 0 Å². The van der Waals surface area contributed by atoms with Crippen molar-refractivity contribution in [1.29, 1.82) is 0 Å². The Balaban J connectivity index is 2.59. The topological polar surface area (TPSA) is 61.5 Å². The smallest absolute Gasteiger partial charge is 0.303 e. The largest absolute Gasteiger partial charge is 0.469 e. The summed E-state index contributed by atoms with van der Waals surface area (Å²) in [6.07, 6.45) is 0.605. The fraction of sp³-hybridized carbons (Fsp3) is 0.364. The first-order valence-corrected chi connectivity index (χ1v) is 5.17. The molecule has 0 fully saturated rings. The molecule has 0 radical (unpaired) electrons. The molecule has 0 aliphatic carbocycles. The van der Waals surface area contributed by atoms with Crippen LogP contribution in [0.15, 0.2) is 30.3 Å². The molecule has 0 aliphatic rings. The van der Waals surface area contributed by atoms with Crippen LogP contribution < -0.4 is 5.73 Å². The van der Waals surface area contributed by atoms with E-state index < -0.39 is 0 Å². The Bertz CT molecular complexity index is 318. The molecule has 16 heavy (non-hydrogen) atoms. The zero-order valence-electron chi connectivity index (χ0n) is 9.39. The number of methoxy groups -OCH3 is 1. The summed E-state index contributed by atoms with van der Waals surface area (Å²) in [6, 6.07) is 9.75. The van der Waals surface area contributed by atoms with E-state index in [4.69, 9.17) is 15.1 Å². The van der Waals surface area contributed by atoms with Gasteiger partial charge in [-0.1, -0.05) is 30.3 Å². The van der Waals surface area contributed by atoms with Crippen LogP contribution in [-0.2, 0) is 20.6 Å². The van der Waals surface area contributed by atoms with Crippen molar-refractivity contribution in [1.82, 2.24) is 0 Å². The fourth-order valence-electron chi connectivity index (χ4n) is 1.49. The maximum Gasteiger partial charge on any atom is 0.303 e. The highest BCUT2D eigenvalue weighted by molar-refractivity contribution is 6.36. The Morgan fingerprint density at radius 2 is 2.12 bits per heavy atom. The Kier molecular flexibility index (Phi) is 5.60. The second-order valence-corrected chi connectivity index (χ2v) is 3.45. The second-order valence-electron chi connectivity index (χ2n) is 3.45. The third kappa shape index (κ3) is 4.04. The Labute approximate surface area is 96.0 Å². The monoisotopic (exact) mass is 221 g/mol. The molecule has 86 valence electrons. The predicted molar refractivity (Wildman–Crippen MR) is 63.2 cm³/mol. The van der Waals surface area contributed by atoms with Gasteiger partial charge in [-0.05, 0) is 12.0 Å². The van der Waals surface area contributed by atoms with E-state index in [9.17, 15) is 4.79 Å². The molecule has 4 nitrogen and oxygen atoms in total. The van der Waals surface area contributed by atoms with Crippen molar-refractivity contribution in [3.63, 3.8) is 0 Å². The Hall–Kier alpha value is -1.33. The van der Waals surface area contributed by atoms with Gasteiger partial charge >= 0.3 is 5.97 Å². The zero-order valence-corrected chi connectivity index (χ0v) is 9.39. The number of esters is 1. The summed E-state index contributed by atoms with van der Waals surface area (Å²) in [6.45, 7) is 0.113. The molecule has 0 amide bonds. The number of ether oxygens (including phenoxy) is 1. The van der Waals surface area contributed by atoms with Gasteiger partial charge in [-0.15, -0.1) is 0 Å². The minimum Gasteiger partial charge on any atom is -0.469 e. The molecule has 0 bridgehead atoms. The molecule has 5 heteroatoms. The lowest BCUT2D eigenvalue weighted by Crippen LogP contribution is -2.23. The van der Waals surface area contributed by atoms with Crippen LogP contribution in [0.1, 0.15) is 5.56 Å². The third-order valence-electron chi connectivity index (χ3n) is 2.30. The van der Waals surface area contributed by atoms with E-state index in [0.29, 0.717) is 6.42 Å². The molecule has 1 aromatic rings. The van der Waals surface area contributed by atoms with Crippen molar-refractivity contribution in [3.8, 4) is 0 Å². The van der Waals surface area contributed by atoms with Gasteiger partial charge in [0.05, 0.1) is 19.7 Å². The molecule has 0 aliphatic heterocycles. The molecule has 0 heterocycles. The van der Waals surface area contributed by atoms with Crippen molar-refractivity contribution in [2.24, 2.45) is 5.73 Å². The molecule has 0 saturated heterocycles. The molecule has 0 spiro atoms. The quantitative estimate of drug-likeness (QED) is 0.431. The summed E-state index contributed by atoms with van der Waals surface area (Å²) in [7, 11) is 1.67. The van der Waals surface area contributed by atoms with Crippen molar-refractivity contribution in [2.45, 2.75) is 12.2 Å². The predicted octanol–water partition coefficient (Wildman–Crippen LogP) is 0.475. The van der Waals surface area contributed by atoms with Gasteiger partial charge in [-0.2, -0.15) is 0 Å². The highest BCUT2D eigenvalue weighted by Gasteiger charge is 2.21. The minimum absolute atomic E-state index is 0.113. The molecule has 1 unspecified atom stereocenters. The van der Waals surface area contributed by atoms with Crippen LogP contribution in [0, 0.1) is 0 Å². The summed E-state index contributed by atoms with van der Waals surface area (Å²) < 4.78 is 9.79. The normalized spacial score (nSPS) is 11.9. The second kappa shape index (κ2) is 7.03. The first-order valence-electron chi connectivity index (χ1n) is 5.17. The molecule has 0 aromatic heterocycles. The van der Waals surface area contributed by atoms with Gasteiger partial charge in [0.25, 0.3) is 7.48 Å². The third-order valence-corrected chi connectivity index (χ3v) is 2.30. The summed E-state index contributed by atoms with van der Waals surface area (Å²) in [5.41, 5.74) is 6.32. The molecule has 0 saturated carbocycles. The average molecular weight is 221 g/mol. The van der Waals surface area contributed by atoms with Crippen LogP contribution >= 0.6 is 0 Å². The Morgan fingerprint density at radius 1 is 1.44 bits per heavy atom. The first-order chi connectivity index (χ1) is 7.77. The van der Waals surface area contributed by atoms with Gasteiger partial charge in [-0.3, -0.25) is 4.79 Å². The van der Waals surface area contributed by atoms with Crippen molar-refractivity contribution in [2.75, 3.05) is 13.8 Å². The number of nitrogens with two attached hydrogens (primary N) is 1. The van der Waals surface area contributed by atoms with E-state index >= 15 is 0 Å². The van der Waals surface area contributed by atoms with Crippen LogP contribution in [-0.4, -0.2) is 27.3 Å². The van der Waals surface area contributed by atoms with Crippen LogP contribution in [0.4, 0.5) is 0 Å². The maximum atomic E-state index is 11.5. The van der Waals surface area contributed by atoms with Gasteiger partial charge in [0.15, 0.2) is 0 Å². The van der Waals surface area contributed by atoms with E-state index in [-0.39, 0.29) is 26.0 Å². The first kappa shape index (κ1) is 12.7. The van der Waals surface area contributed by atoms with Gasteiger partial charge in [0, 0.05) is 0 Å². The number of hydrogen-bond acceptors (Lipinski definition) is 4. The Morgan fingerprint density at radius 3 is 2.69 bits per heavy atom. The van der Waals surface area contributed by atoms with Crippen molar-refractivity contribution < 1.29 is 14.2 Å². The zero-order chi connectivity index (χ0) is 11.8. The highest BCUT2D eigenvalue weighted by Crippen LogP contribution is 2.14. The van der Waals surface area contributed by atoms with Crippen molar-refractivity contribution in [3.05, 3.63) is 35.9 Å². The summed E-state index contributed by atoms with van der Waals surface area (Å²) >= 11 is 0. The lowest BCUT2D eigenvalue weighted by molar-refractivity contribution is -0.140. The minimum atomic E-state index is -0.295. The van der Waals surface area contributed by atoms with E-state index in [1.807, 2.05) is 30.3 Å². The van der Waals surface area contributed by atoms with E-state index in [1.165, 1.54) is 7.11 Å².